The first-order valence-corrected chi connectivity index (χ1v) is 7.59. The van der Waals surface area contributed by atoms with E-state index in [1.54, 1.807) is 0 Å². The lowest BCUT2D eigenvalue weighted by Crippen LogP contribution is -2.43. The molecule has 0 saturated carbocycles. The van der Waals surface area contributed by atoms with E-state index in [0.29, 0.717) is 11.0 Å². The van der Waals surface area contributed by atoms with Gasteiger partial charge < -0.3 is 10.6 Å². The van der Waals surface area contributed by atoms with Crippen LogP contribution in [0.4, 0.5) is 0 Å². The van der Waals surface area contributed by atoms with Crippen molar-refractivity contribution in [2.45, 2.75) is 25.8 Å². The Balaban J connectivity index is 2.81. The van der Waals surface area contributed by atoms with Gasteiger partial charge in [0.05, 0.1) is 4.99 Å². The average Bonchev–Trinajstić information content (AvgIpc) is 2.39. The van der Waals surface area contributed by atoms with Crippen LogP contribution < -0.4 is 5.73 Å². The molecule has 112 valence electrons. The predicted octanol–water partition coefficient (Wildman–Crippen LogP) is 2.33. The smallest absolute Gasteiger partial charge is 0.0816 e. The molecule has 0 radical (unpaired) electrons. The molecule has 3 nitrogen and oxygen atoms in total. The summed E-state index contributed by atoms with van der Waals surface area (Å²) in [6, 6.07) is 10.8. The average molecular weight is 293 g/mol. The highest BCUT2D eigenvalue weighted by Gasteiger charge is 2.21. The van der Waals surface area contributed by atoms with Crippen LogP contribution in [0.5, 0.6) is 0 Å². The van der Waals surface area contributed by atoms with Crippen molar-refractivity contribution in [2.24, 2.45) is 5.73 Å². The molecule has 1 aromatic rings. The molecule has 1 aromatic carbocycles. The monoisotopic (exact) mass is 293 g/mol. The first-order valence-electron chi connectivity index (χ1n) is 7.18. The third-order valence-electron chi connectivity index (χ3n) is 3.62. The van der Waals surface area contributed by atoms with E-state index in [2.05, 4.69) is 49.9 Å². The Kier molecular flexibility index (Phi) is 7.13. The second-order valence-electron chi connectivity index (χ2n) is 5.56. The summed E-state index contributed by atoms with van der Waals surface area (Å²) < 4.78 is 0. The third kappa shape index (κ3) is 5.19. The fourth-order valence-electron chi connectivity index (χ4n) is 2.54. The Labute approximate surface area is 128 Å². The van der Waals surface area contributed by atoms with Crippen molar-refractivity contribution >= 4 is 17.2 Å². The van der Waals surface area contributed by atoms with Crippen LogP contribution in [0.25, 0.3) is 0 Å². The fraction of sp³-hybridized carbons (Fsp3) is 0.562. The Morgan fingerprint density at radius 2 is 1.80 bits per heavy atom. The normalized spacial score (nSPS) is 14.5. The Hall–Kier alpha value is -0.970. The molecule has 20 heavy (non-hydrogen) atoms. The lowest BCUT2D eigenvalue weighted by molar-refractivity contribution is 0.180. The quantitative estimate of drug-likeness (QED) is 0.746. The molecule has 0 aliphatic carbocycles. The highest BCUT2D eigenvalue weighted by Crippen LogP contribution is 2.19. The van der Waals surface area contributed by atoms with Crippen molar-refractivity contribution in [3.05, 3.63) is 35.9 Å². The fourth-order valence-corrected chi connectivity index (χ4v) is 2.75. The van der Waals surface area contributed by atoms with Crippen molar-refractivity contribution in [3.8, 4) is 0 Å². The number of likely N-dealkylation sites (N-methyl/N-ethyl adjacent to an activating group) is 2. The van der Waals surface area contributed by atoms with Gasteiger partial charge in [0.25, 0.3) is 0 Å². The summed E-state index contributed by atoms with van der Waals surface area (Å²) in [7, 11) is 4.21. The van der Waals surface area contributed by atoms with E-state index in [-0.39, 0.29) is 5.92 Å². The number of nitrogens with zero attached hydrogens (tertiary/aromatic N) is 2. The summed E-state index contributed by atoms with van der Waals surface area (Å²) in [4.78, 5) is 5.23. The van der Waals surface area contributed by atoms with E-state index in [0.717, 1.165) is 19.6 Å². The van der Waals surface area contributed by atoms with Crippen molar-refractivity contribution in [2.75, 3.05) is 33.7 Å². The van der Waals surface area contributed by atoms with Gasteiger partial charge in [0.2, 0.25) is 0 Å². The van der Waals surface area contributed by atoms with E-state index in [1.165, 1.54) is 5.56 Å². The minimum atomic E-state index is 0.121. The molecule has 0 bridgehead atoms. The maximum Gasteiger partial charge on any atom is 0.0816 e. The number of benzene rings is 1. The van der Waals surface area contributed by atoms with E-state index in [1.807, 2.05) is 18.2 Å². The molecule has 0 heterocycles. The first-order chi connectivity index (χ1) is 9.45. The highest BCUT2D eigenvalue weighted by atomic mass is 32.1. The molecular formula is C16H27N3S. The summed E-state index contributed by atoms with van der Waals surface area (Å²) in [5.74, 6) is 0.121. The van der Waals surface area contributed by atoms with Crippen LogP contribution in [0, 0.1) is 0 Å². The van der Waals surface area contributed by atoms with Gasteiger partial charge in [0, 0.05) is 25.0 Å². The molecule has 0 amide bonds. The molecule has 2 atom stereocenters. The topological polar surface area (TPSA) is 32.5 Å². The summed E-state index contributed by atoms with van der Waals surface area (Å²) in [6.45, 7) is 7.36. The van der Waals surface area contributed by atoms with Crippen LogP contribution in [-0.4, -0.2) is 54.6 Å². The summed E-state index contributed by atoms with van der Waals surface area (Å²) in [6.07, 6.45) is 0. The number of hydrogen-bond donors (Lipinski definition) is 1. The Bertz CT molecular complexity index is 405. The molecule has 0 aliphatic rings. The Morgan fingerprint density at radius 3 is 2.25 bits per heavy atom. The van der Waals surface area contributed by atoms with Gasteiger partial charge in [0.1, 0.15) is 0 Å². The van der Waals surface area contributed by atoms with Gasteiger partial charge in [-0.3, -0.25) is 4.90 Å². The lowest BCUT2D eigenvalue weighted by Gasteiger charge is -2.33. The van der Waals surface area contributed by atoms with Crippen molar-refractivity contribution in [1.82, 2.24) is 9.80 Å². The predicted molar refractivity (Wildman–Crippen MR) is 91.2 cm³/mol. The van der Waals surface area contributed by atoms with Gasteiger partial charge in [0.15, 0.2) is 0 Å². The van der Waals surface area contributed by atoms with E-state index in [4.69, 9.17) is 18.0 Å². The minimum absolute atomic E-state index is 0.121. The van der Waals surface area contributed by atoms with Crippen molar-refractivity contribution in [3.63, 3.8) is 0 Å². The van der Waals surface area contributed by atoms with Gasteiger partial charge in [-0.05, 0) is 33.1 Å². The molecule has 4 heteroatoms. The van der Waals surface area contributed by atoms with Crippen molar-refractivity contribution in [1.29, 1.82) is 0 Å². The first kappa shape index (κ1) is 17.1. The van der Waals surface area contributed by atoms with Gasteiger partial charge in [-0.25, -0.2) is 0 Å². The summed E-state index contributed by atoms with van der Waals surface area (Å²) in [5.41, 5.74) is 7.17. The van der Waals surface area contributed by atoms with E-state index >= 15 is 0 Å². The zero-order chi connectivity index (χ0) is 15.1. The van der Waals surface area contributed by atoms with Crippen molar-refractivity contribution < 1.29 is 0 Å². The second-order valence-corrected chi connectivity index (χ2v) is 6.04. The van der Waals surface area contributed by atoms with Crippen LogP contribution >= 0.6 is 12.2 Å². The standard InChI is InChI=1S/C16H27N3S/c1-5-19(13(2)11-18(3)4)12-15(16(17)20)14-9-7-6-8-10-14/h6-10,13,15H,5,11-12H2,1-4H3,(H2,17,20). The maximum atomic E-state index is 5.97. The maximum absolute atomic E-state index is 5.97. The number of thiocarbonyl (C=S) groups is 1. The third-order valence-corrected chi connectivity index (χ3v) is 3.91. The SMILES string of the molecule is CCN(CC(C(N)=S)c1ccccc1)C(C)CN(C)C. The molecular weight excluding hydrogens is 266 g/mol. The van der Waals surface area contributed by atoms with E-state index < -0.39 is 0 Å². The molecule has 2 unspecified atom stereocenters. The lowest BCUT2D eigenvalue weighted by atomic mass is 9.98. The number of nitrogens with two attached hydrogens (primary N) is 1. The minimum Gasteiger partial charge on any atom is -0.393 e. The van der Waals surface area contributed by atoms with Gasteiger partial charge in [-0.1, -0.05) is 49.5 Å². The van der Waals surface area contributed by atoms with E-state index in [9.17, 15) is 0 Å². The highest BCUT2D eigenvalue weighted by molar-refractivity contribution is 7.80. The van der Waals surface area contributed by atoms with Crippen LogP contribution in [-0.2, 0) is 0 Å². The van der Waals surface area contributed by atoms with Crippen LogP contribution in [0.1, 0.15) is 25.3 Å². The largest absolute Gasteiger partial charge is 0.393 e. The zero-order valence-corrected chi connectivity index (χ0v) is 13.9. The summed E-state index contributed by atoms with van der Waals surface area (Å²) >= 11 is 5.28. The van der Waals surface area contributed by atoms with Crippen LogP contribution in [0.15, 0.2) is 30.3 Å². The molecule has 2 N–H and O–H groups in total. The van der Waals surface area contributed by atoms with Gasteiger partial charge in [-0.15, -0.1) is 0 Å². The van der Waals surface area contributed by atoms with Crippen LogP contribution in [0.2, 0.25) is 0 Å². The van der Waals surface area contributed by atoms with Crippen LogP contribution in [0.3, 0.4) is 0 Å². The molecule has 0 saturated heterocycles. The molecule has 0 spiro atoms. The number of rotatable bonds is 8. The second kappa shape index (κ2) is 8.35. The van der Waals surface area contributed by atoms with Gasteiger partial charge in [-0.2, -0.15) is 0 Å². The Morgan fingerprint density at radius 1 is 1.20 bits per heavy atom. The molecule has 0 fully saturated rings. The molecule has 0 aromatic heterocycles. The number of hydrogen-bond acceptors (Lipinski definition) is 3. The zero-order valence-electron chi connectivity index (χ0n) is 13.0. The summed E-state index contributed by atoms with van der Waals surface area (Å²) in [5, 5.41) is 0. The molecule has 0 aliphatic heterocycles. The van der Waals surface area contributed by atoms with Gasteiger partial charge >= 0.3 is 0 Å². The molecule has 1 rings (SSSR count).